The zero-order valence-electron chi connectivity index (χ0n) is 20.3. The highest BCUT2D eigenvalue weighted by Gasteiger charge is 2.28. The van der Waals surface area contributed by atoms with Crippen molar-refractivity contribution in [3.8, 4) is 11.1 Å². The third kappa shape index (κ3) is 5.86. The fraction of sp³-hybridized carbons (Fsp3) is 0.385. The van der Waals surface area contributed by atoms with Crippen molar-refractivity contribution in [3.63, 3.8) is 0 Å². The first-order chi connectivity index (χ1) is 16.2. The Balaban J connectivity index is 1.60. The van der Waals surface area contributed by atoms with Gasteiger partial charge in [0, 0.05) is 5.75 Å². The van der Waals surface area contributed by atoms with E-state index in [2.05, 4.69) is 65.8 Å². The molecule has 1 N–H and O–H groups in total. The fourth-order valence-electron chi connectivity index (χ4n) is 3.74. The van der Waals surface area contributed by atoms with Gasteiger partial charge in [0.2, 0.25) is 5.16 Å². The Morgan fingerprint density at radius 1 is 1.03 bits per heavy atom. The molecule has 34 heavy (non-hydrogen) atoms. The van der Waals surface area contributed by atoms with Gasteiger partial charge in [0.1, 0.15) is 5.60 Å². The first-order valence-electron chi connectivity index (χ1n) is 11.5. The molecule has 2 aromatic carbocycles. The minimum Gasteiger partial charge on any atom is -0.444 e. The first kappa shape index (κ1) is 24.0. The summed E-state index contributed by atoms with van der Waals surface area (Å²) < 4.78 is 7.24. The zero-order chi connectivity index (χ0) is 24.3. The molecule has 0 saturated carbocycles. The normalized spacial score (nSPS) is 14.4. The van der Waals surface area contributed by atoms with Gasteiger partial charge in [0.15, 0.2) is 5.82 Å². The van der Waals surface area contributed by atoms with Gasteiger partial charge >= 0.3 is 6.09 Å². The average Bonchev–Trinajstić information content (AvgIpc) is 3.21. The Kier molecular flexibility index (Phi) is 7.07. The third-order valence-corrected chi connectivity index (χ3v) is 6.16. The molecule has 1 aliphatic heterocycles. The summed E-state index contributed by atoms with van der Waals surface area (Å²) in [5.41, 5.74) is 3.76. The second-order valence-electron chi connectivity index (χ2n) is 9.76. The largest absolute Gasteiger partial charge is 0.444 e. The number of thioether (sulfide) groups is 1. The lowest BCUT2D eigenvalue weighted by atomic mass is 10.0. The molecule has 8 heteroatoms. The van der Waals surface area contributed by atoms with E-state index < -0.39 is 11.7 Å². The molecule has 0 bridgehead atoms. The zero-order valence-corrected chi connectivity index (χ0v) is 21.1. The minimum absolute atomic E-state index is 0.332. The Morgan fingerprint density at radius 3 is 2.32 bits per heavy atom. The van der Waals surface area contributed by atoms with Crippen LogP contribution in [0.3, 0.4) is 0 Å². The smallest absolute Gasteiger partial charge is 0.408 e. The lowest BCUT2D eigenvalue weighted by Crippen LogP contribution is -2.36. The Morgan fingerprint density at radius 2 is 1.68 bits per heavy atom. The van der Waals surface area contributed by atoms with Crippen molar-refractivity contribution < 1.29 is 9.53 Å². The average molecular weight is 478 g/mol. The SMILES string of the molecule is CC(C)CC(NC(=O)OC(C)(C)C)c1nnc2n1N=C(c1ccc(-c3ccccc3)cc1)CS2. The molecule has 0 spiro atoms. The Labute approximate surface area is 205 Å². The van der Waals surface area contributed by atoms with Crippen molar-refractivity contribution in [2.24, 2.45) is 11.0 Å². The second kappa shape index (κ2) is 10.0. The summed E-state index contributed by atoms with van der Waals surface area (Å²) >= 11 is 1.59. The van der Waals surface area contributed by atoms with E-state index in [0.717, 1.165) is 22.0 Å². The van der Waals surface area contributed by atoms with Gasteiger partial charge in [-0.3, -0.25) is 0 Å². The Hall–Kier alpha value is -3.13. The number of fused-ring (bicyclic) bond motifs is 1. The summed E-state index contributed by atoms with van der Waals surface area (Å²) in [5, 5.41) is 17.3. The lowest BCUT2D eigenvalue weighted by molar-refractivity contribution is 0.0494. The number of hydrogen-bond acceptors (Lipinski definition) is 6. The van der Waals surface area contributed by atoms with Gasteiger partial charge in [0.05, 0.1) is 11.8 Å². The summed E-state index contributed by atoms with van der Waals surface area (Å²) in [7, 11) is 0. The molecule has 0 aliphatic carbocycles. The molecule has 1 aromatic heterocycles. The van der Waals surface area contributed by atoms with Crippen molar-refractivity contribution in [1.29, 1.82) is 0 Å². The van der Waals surface area contributed by atoms with E-state index in [9.17, 15) is 4.79 Å². The number of nitrogens with zero attached hydrogens (tertiary/aromatic N) is 4. The molecule has 4 rings (SSSR count). The van der Waals surface area contributed by atoms with Crippen LogP contribution in [0.5, 0.6) is 0 Å². The minimum atomic E-state index is -0.580. The van der Waals surface area contributed by atoms with Crippen LogP contribution in [0.2, 0.25) is 0 Å². The van der Waals surface area contributed by atoms with Crippen LogP contribution in [-0.2, 0) is 4.74 Å². The lowest BCUT2D eigenvalue weighted by Gasteiger charge is -2.24. The maximum atomic E-state index is 12.5. The number of hydrogen-bond donors (Lipinski definition) is 1. The summed E-state index contributed by atoms with van der Waals surface area (Å²) in [6.45, 7) is 9.75. The summed E-state index contributed by atoms with van der Waals surface area (Å²) in [6.07, 6.45) is 0.221. The Bertz CT molecular complexity index is 1160. The van der Waals surface area contributed by atoms with Crippen LogP contribution in [0.1, 0.15) is 58.5 Å². The van der Waals surface area contributed by atoms with Crippen molar-refractivity contribution in [2.45, 2.75) is 57.8 Å². The molecule has 7 nitrogen and oxygen atoms in total. The van der Waals surface area contributed by atoms with Crippen LogP contribution in [0.25, 0.3) is 11.1 Å². The van der Waals surface area contributed by atoms with E-state index in [1.54, 1.807) is 16.4 Å². The molecule has 1 atom stereocenters. The molecule has 178 valence electrons. The molecule has 1 unspecified atom stereocenters. The van der Waals surface area contributed by atoms with Crippen LogP contribution in [0.15, 0.2) is 64.9 Å². The molecule has 2 heterocycles. The number of nitrogens with one attached hydrogen (secondary N) is 1. The molecule has 0 saturated heterocycles. The van der Waals surface area contributed by atoms with E-state index in [1.807, 2.05) is 39.0 Å². The molecule has 0 fully saturated rings. The maximum absolute atomic E-state index is 12.5. The van der Waals surface area contributed by atoms with E-state index >= 15 is 0 Å². The van der Waals surface area contributed by atoms with Crippen molar-refractivity contribution in [1.82, 2.24) is 20.2 Å². The highest BCUT2D eigenvalue weighted by Crippen LogP contribution is 2.29. The quantitative estimate of drug-likeness (QED) is 0.477. The number of aromatic nitrogens is 3. The van der Waals surface area contributed by atoms with Crippen molar-refractivity contribution in [2.75, 3.05) is 5.75 Å². The number of rotatable bonds is 6. The topological polar surface area (TPSA) is 81.4 Å². The number of ether oxygens (including phenoxy) is 1. The van der Waals surface area contributed by atoms with Crippen LogP contribution in [-0.4, -0.2) is 38.0 Å². The summed E-state index contributed by atoms with van der Waals surface area (Å²) in [6, 6.07) is 18.4. The molecular formula is C26H31N5O2S. The monoisotopic (exact) mass is 477 g/mol. The number of carbonyl (C=O) groups is 1. The molecule has 3 aromatic rings. The number of amides is 1. The van der Waals surface area contributed by atoms with Crippen molar-refractivity contribution >= 4 is 23.6 Å². The second-order valence-corrected chi connectivity index (χ2v) is 10.7. The molecule has 1 amide bonds. The van der Waals surface area contributed by atoms with Crippen LogP contribution in [0, 0.1) is 5.92 Å². The summed E-state index contributed by atoms with van der Waals surface area (Å²) in [4.78, 5) is 12.5. The van der Waals surface area contributed by atoms with Crippen LogP contribution >= 0.6 is 11.8 Å². The molecule has 0 radical (unpaired) electrons. The van der Waals surface area contributed by atoms with Gasteiger partial charge in [-0.1, -0.05) is 80.2 Å². The number of alkyl carbamates (subject to hydrolysis) is 1. The number of benzene rings is 2. The van der Waals surface area contributed by atoms with Gasteiger partial charge in [0.25, 0.3) is 0 Å². The van der Waals surface area contributed by atoms with E-state index in [4.69, 9.17) is 9.84 Å². The van der Waals surface area contributed by atoms with Gasteiger partial charge in [-0.2, -0.15) is 9.78 Å². The first-order valence-corrected chi connectivity index (χ1v) is 12.5. The van der Waals surface area contributed by atoms with Gasteiger partial charge in [-0.15, -0.1) is 10.2 Å². The van der Waals surface area contributed by atoms with Gasteiger partial charge in [-0.25, -0.2) is 4.79 Å². The van der Waals surface area contributed by atoms with E-state index in [-0.39, 0.29) is 6.04 Å². The third-order valence-electron chi connectivity index (χ3n) is 5.23. The molecule has 1 aliphatic rings. The van der Waals surface area contributed by atoms with Gasteiger partial charge < -0.3 is 10.1 Å². The molecular weight excluding hydrogens is 446 g/mol. The predicted octanol–water partition coefficient (Wildman–Crippen LogP) is 5.92. The standard InChI is InChI=1S/C26H31N5O2S/c1-17(2)15-21(27-25(32)33-26(3,4)5)23-28-29-24-31(23)30-22(16-34-24)20-13-11-19(12-14-20)18-9-7-6-8-10-18/h6-14,17,21H,15-16H2,1-5H3,(H,27,32). The fourth-order valence-corrected chi connectivity index (χ4v) is 4.58. The highest BCUT2D eigenvalue weighted by atomic mass is 32.2. The predicted molar refractivity (Wildman–Crippen MR) is 136 cm³/mol. The van der Waals surface area contributed by atoms with Crippen LogP contribution < -0.4 is 5.32 Å². The van der Waals surface area contributed by atoms with E-state index in [1.165, 1.54) is 5.56 Å². The van der Waals surface area contributed by atoms with Gasteiger partial charge in [-0.05, 0) is 49.8 Å². The maximum Gasteiger partial charge on any atom is 0.408 e. The number of carbonyl (C=O) groups excluding carboxylic acids is 1. The van der Waals surface area contributed by atoms with Crippen molar-refractivity contribution in [3.05, 3.63) is 66.0 Å². The van der Waals surface area contributed by atoms with Crippen LogP contribution in [0.4, 0.5) is 4.79 Å². The van der Waals surface area contributed by atoms with E-state index in [0.29, 0.717) is 23.9 Å². The highest BCUT2D eigenvalue weighted by molar-refractivity contribution is 7.99. The summed E-state index contributed by atoms with van der Waals surface area (Å²) in [5.74, 6) is 1.65.